The number of imidazole rings is 1. The highest BCUT2D eigenvalue weighted by atomic mass is 19.1. The SMILES string of the molecule is C#CC(COC(=O)CCCCCCCCC)(OC)[C@H](Cn1cnc2c(N)nc(F)nc21)OC(=O)CCCCCCCCCCC. The number of hydrogen-bond donors (Lipinski definition) is 1. The molecule has 0 aromatic carbocycles. The van der Waals surface area contributed by atoms with Crippen molar-refractivity contribution in [1.29, 1.82) is 0 Å². The number of unbranched alkanes of at least 4 members (excludes halogenated alkanes) is 14. The summed E-state index contributed by atoms with van der Waals surface area (Å²) in [5, 5.41) is 0. The van der Waals surface area contributed by atoms with Crippen LogP contribution in [-0.2, 0) is 30.3 Å². The van der Waals surface area contributed by atoms with Crippen LogP contribution in [0.4, 0.5) is 10.2 Å². The average Bonchev–Trinajstić information content (AvgIpc) is 3.43. The fourth-order valence-electron chi connectivity index (χ4n) is 5.29. The Hall–Kier alpha value is -3.26. The van der Waals surface area contributed by atoms with E-state index in [1.165, 1.54) is 69.4 Å². The molecule has 2 aromatic heterocycles. The molecule has 0 saturated carbocycles. The predicted octanol–water partition coefficient (Wildman–Crippen LogP) is 7.08. The van der Waals surface area contributed by atoms with Gasteiger partial charge in [-0.25, -0.2) is 4.98 Å². The van der Waals surface area contributed by atoms with Crippen LogP contribution in [0.15, 0.2) is 6.33 Å². The lowest BCUT2D eigenvalue weighted by Crippen LogP contribution is -2.51. The Kier molecular flexibility index (Phi) is 18.1. The van der Waals surface area contributed by atoms with Crippen LogP contribution in [0.2, 0.25) is 0 Å². The minimum absolute atomic E-state index is 0.0940. The van der Waals surface area contributed by atoms with Gasteiger partial charge in [0.25, 0.3) is 0 Å². The Bertz CT molecular complexity index is 1200. The Morgan fingerprint density at radius 3 is 1.98 bits per heavy atom. The van der Waals surface area contributed by atoms with Crippen LogP contribution in [-0.4, -0.2) is 56.9 Å². The normalized spacial score (nSPS) is 13.3. The number of hydrogen-bond acceptors (Lipinski definition) is 9. The van der Waals surface area contributed by atoms with Crippen molar-refractivity contribution in [2.75, 3.05) is 19.5 Å². The van der Waals surface area contributed by atoms with Crippen LogP contribution < -0.4 is 5.73 Å². The number of nitrogen functional groups attached to an aromatic ring is 1. The van der Waals surface area contributed by atoms with Crippen LogP contribution >= 0.6 is 0 Å². The minimum Gasteiger partial charge on any atom is -0.461 e. The molecular formula is C34H54FN5O5. The molecule has 2 heterocycles. The van der Waals surface area contributed by atoms with E-state index in [0.29, 0.717) is 12.8 Å². The molecule has 10 nitrogen and oxygen atoms in total. The Morgan fingerprint density at radius 2 is 1.44 bits per heavy atom. The molecular weight excluding hydrogens is 577 g/mol. The smallest absolute Gasteiger partial charge is 0.312 e. The van der Waals surface area contributed by atoms with Gasteiger partial charge in [0.05, 0.1) is 12.9 Å². The van der Waals surface area contributed by atoms with Gasteiger partial charge in [0.1, 0.15) is 12.1 Å². The third-order valence-electron chi connectivity index (χ3n) is 8.14. The second-order valence-electron chi connectivity index (χ2n) is 11.8. The number of carbonyl (C=O) groups excluding carboxylic acids is 2. The molecule has 0 bridgehead atoms. The maximum Gasteiger partial charge on any atom is 0.312 e. The molecule has 0 aliphatic heterocycles. The molecule has 0 spiro atoms. The molecule has 0 aliphatic rings. The molecule has 45 heavy (non-hydrogen) atoms. The summed E-state index contributed by atoms with van der Waals surface area (Å²) in [5.74, 6) is 1.58. The summed E-state index contributed by atoms with van der Waals surface area (Å²) in [5.41, 5.74) is 4.53. The van der Waals surface area contributed by atoms with Crippen molar-refractivity contribution in [3.05, 3.63) is 12.4 Å². The maximum atomic E-state index is 14.0. The van der Waals surface area contributed by atoms with Gasteiger partial charge < -0.3 is 24.5 Å². The first-order chi connectivity index (χ1) is 21.8. The molecule has 252 valence electrons. The molecule has 0 fully saturated rings. The van der Waals surface area contributed by atoms with Gasteiger partial charge in [-0.05, 0) is 12.8 Å². The van der Waals surface area contributed by atoms with Crippen molar-refractivity contribution < 1.29 is 28.2 Å². The number of aromatic nitrogens is 4. The lowest BCUT2D eigenvalue weighted by molar-refractivity contribution is -0.174. The van der Waals surface area contributed by atoms with Gasteiger partial charge in [-0.1, -0.05) is 110 Å². The van der Waals surface area contributed by atoms with E-state index in [2.05, 4.69) is 34.7 Å². The van der Waals surface area contributed by atoms with E-state index < -0.39 is 29.7 Å². The Labute approximate surface area is 268 Å². The van der Waals surface area contributed by atoms with Crippen LogP contribution in [0, 0.1) is 18.4 Å². The monoisotopic (exact) mass is 631 g/mol. The fraction of sp³-hybridized carbons (Fsp3) is 0.735. The zero-order valence-electron chi connectivity index (χ0n) is 27.7. The van der Waals surface area contributed by atoms with Crippen LogP contribution in [0.25, 0.3) is 11.2 Å². The number of nitrogens with zero attached hydrogens (tertiary/aromatic N) is 4. The molecule has 0 saturated heterocycles. The first kappa shape index (κ1) is 37.9. The molecule has 1 unspecified atom stereocenters. The maximum absolute atomic E-state index is 14.0. The van der Waals surface area contributed by atoms with E-state index in [4.69, 9.17) is 26.4 Å². The number of terminal acetylenes is 1. The van der Waals surface area contributed by atoms with Crippen molar-refractivity contribution >= 4 is 28.9 Å². The fourth-order valence-corrected chi connectivity index (χ4v) is 5.29. The molecule has 0 aliphatic carbocycles. The van der Waals surface area contributed by atoms with Gasteiger partial charge in [-0.2, -0.15) is 14.4 Å². The molecule has 2 atom stereocenters. The second-order valence-corrected chi connectivity index (χ2v) is 11.8. The van der Waals surface area contributed by atoms with Gasteiger partial charge in [-0.3, -0.25) is 9.59 Å². The Morgan fingerprint density at radius 1 is 0.911 bits per heavy atom. The quantitative estimate of drug-likeness (QED) is 0.0528. The van der Waals surface area contributed by atoms with E-state index in [-0.39, 0.29) is 43.0 Å². The Balaban J connectivity index is 2.06. The van der Waals surface area contributed by atoms with Crippen LogP contribution in [0.5, 0.6) is 0 Å². The summed E-state index contributed by atoms with van der Waals surface area (Å²) in [4.78, 5) is 37.2. The minimum atomic E-state index is -1.61. The van der Waals surface area contributed by atoms with E-state index in [0.717, 1.165) is 38.5 Å². The van der Waals surface area contributed by atoms with Gasteiger partial charge in [0.2, 0.25) is 5.60 Å². The van der Waals surface area contributed by atoms with Gasteiger partial charge in [0.15, 0.2) is 17.6 Å². The van der Waals surface area contributed by atoms with Crippen molar-refractivity contribution in [2.45, 2.75) is 148 Å². The molecule has 2 rings (SSSR count). The molecule has 2 N–H and O–H groups in total. The first-order valence-corrected chi connectivity index (χ1v) is 16.8. The number of carbonyl (C=O) groups is 2. The number of fused-ring (bicyclic) bond motifs is 1. The zero-order valence-corrected chi connectivity index (χ0v) is 27.7. The standard InChI is InChI=1S/C34H54FN5O5/c1-5-8-10-12-14-15-17-19-21-23-29(42)45-27(24-40-26-37-30-31(36)38-33(35)39-32(30)40)34(7-3,43-4)25-44-28(41)22-20-18-16-13-11-9-6-2/h3,26-27H,5-6,8-25H2,1-2,4H3,(H2,36,38,39)/t27-,34?/m0/s1. The number of rotatable bonds is 25. The summed E-state index contributed by atoms with van der Waals surface area (Å²) in [6, 6.07) is 0. The van der Waals surface area contributed by atoms with Crippen LogP contribution in [0.1, 0.15) is 129 Å². The van der Waals surface area contributed by atoms with Gasteiger partial charge in [-0.15, -0.1) is 6.42 Å². The average molecular weight is 632 g/mol. The third kappa shape index (κ3) is 13.3. The summed E-state index contributed by atoms with van der Waals surface area (Å²) < 4.78 is 32.7. The number of esters is 2. The van der Waals surface area contributed by atoms with Gasteiger partial charge in [0, 0.05) is 20.0 Å². The van der Waals surface area contributed by atoms with Crippen molar-refractivity contribution in [2.24, 2.45) is 0 Å². The number of ether oxygens (including phenoxy) is 3. The largest absolute Gasteiger partial charge is 0.461 e. The van der Waals surface area contributed by atoms with Crippen molar-refractivity contribution in [3.63, 3.8) is 0 Å². The lowest BCUT2D eigenvalue weighted by atomic mass is 9.97. The summed E-state index contributed by atoms with van der Waals surface area (Å²) in [6.07, 6.45) is 23.2. The topological polar surface area (TPSA) is 131 Å². The number of methoxy groups -OCH3 is 1. The highest BCUT2D eigenvalue weighted by Gasteiger charge is 2.43. The zero-order chi connectivity index (χ0) is 32.9. The first-order valence-electron chi connectivity index (χ1n) is 16.8. The van der Waals surface area contributed by atoms with E-state index in [1.807, 2.05) is 0 Å². The number of nitrogens with two attached hydrogens (primary N) is 1. The lowest BCUT2D eigenvalue weighted by Gasteiger charge is -2.34. The molecule has 11 heteroatoms. The summed E-state index contributed by atoms with van der Waals surface area (Å²) in [7, 11) is 1.37. The third-order valence-corrected chi connectivity index (χ3v) is 8.14. The van der Waals surface area contributed by atoms with E-state index in [9.17, 15) is 14.0 Å². The van der Waals surface area contributed by atoms with Crippen molar-refractivity contribution in [1.82, 2.24) is 19.5 Å². The van der Waals surface area contributed by atoms with Crippen molar-refractivity contribution in [3.8, 4) is 12.3 Å². The number of halogens is 1. The van der Waals surface area contributed by atoms with Gasteiger partial charge >= 0.3 is 18.0 Å². The molecule has 0 amide bonds. The molecule has 0 radical (unpaired) electrons. The second kappa shape index (κ2) is 21.5. The molecule has 2 aromatic rings. The highest BCUT2D eigenvalue weighted by Crippen LogP contribution is 2.25. The van der Waals surface area contributed by atoms with Crippen LogP contribution in [0.3, 0.4) is 0 Å². The highest BCUT2D eigenvalue weighted by molar-refractivity contribution is 5.81. The van der Waals surface area contributed by atoms with E-state index in [1.54, 1.807) is 0 Å². The number of anilines is 1. The summed E-state index contributed by atoms with van der Waals surface area (Å²) in [6.45, 7) is 3.96. The van der Waals surface area contributed by atoms with E-state index >= 15 is 0 Å². The summed E-state index contributed by atoms with van der Waals surface area (Å²) >= 11 is 0. The predicted molar refractivity (Wildman–Crippen MR) is 174 cm³/mol.